The molecule has 2 nitrogen and oxygen atoms in total. The number of rotatable bonds is 14. The molecule has 0 radical (unpaired) electrons. The average molecular weight is 296 g/mol. The fourth-order valence-corrected chi connectivity index (χ4v) is 2.49. The third kappa shape index (κ3) is 17.2. The van der Waals surface area contributed by atoms with Crippen LogP contribution in [0.1, 0.15) is 97.8 Å². The van der Waals surface area contributed by atoms with Crippen LogP contribution in [0, 0.1) is 0 Å². The van der Waals surface area contributed by atoms with E-state index in [2.05, 4.69) is 19.1 Å². The predicted octanol–water partition coefficient (Wildman–Crippen LogP) is 6.20. The summed E-state index contributed by atoms with van der Waals surface area (Å²) < 4.78 is 5.10. The number of carbonyl (C=O) groups is 1. The van der Waals surface area contributed by atoms with Gasteiger partial charge in [-0.1, -0.05) is 57.6 Å². The molecule has 0 spiro atoms. The number of ether oxygens (including phenoxy) is 1. The molecule has 1 unspecified atom stereocenters. The van der Waals surface area contributed by atoms with Gasteiger partial charge in [-0.15, -0.1) is 0 Å². The molecule has 0 bridgehead atoms. The highest BCUT2D eigenvalue weighted by molar-refractivity contribution is 5.66. The van der Waals surface area contributed by atoms with Crippen molar-refractivity contribution in [1.82, 2.24) is 0 Å². The lowest BCUT2D eigenvalue weighted by Crippen LogP contribution is -2.11. The van der Waals surface area contributed by atoms with Gasteiger partial charge in [0.05, 0.1) is 6.10 Å². The van der Waals surface area contributed by atoms with Gasteiger partial charge >= 0.3 is 5.97 Å². The maximum absolute atomic E-state index is 10.8. The van der Waals surface area contributed by atoms with E-state index in [0.29, 0.717) is 0 Å². The molecular weight excluding hydrogens is 260 g/mol. The topological polar surface area (TPSA) is 26.3 Å². The van der Waals surface area contributed by atoms with Crippen LogP contribution in [0.2, 0.25) is 0 Å². The minimum Gasteiger partial charge on any atom is -0.463 e. The van der Waals surface area contributed by atoms with Crippen LogP contribution in [0.25, 0.3) is 0 Å². The molecule has 21 heavy (non-hydrogen) atoms. The Kier molecular flexibility index (Phi) is 15.0. The quantitative estimate of drug-likeness (QED) is 0.217. The lowest BCUT2D eigenvalue weighted by atomic mass is 10.1. The zero-order valence-electron chi connectivity index (χ0n) is 14.5. The van der Waals surface area contributed by atoms with Gasteiger partial charge in [0.25, 0.3) is 0 Å². The van der Waals surface area contributed by atoms with Crippen molar-refractivity contribution in [3.8, 4) is 0 Å². The van der Waals surface area contributed by atoms with Crippen LogP contribution in [0.5, 0.6) is 0 Å². The van der Waals surface area contributed by atoms with E-state index in [1.807, 2.05) is 6.92 Å². The number of carbonyl (C=O) groups excluding carboxylic acids is 1. The number of hydrogen-bond acceptors (Lipinski definition) is 2. The van der Waals surface area contributed by atoms with Crippen molar-refractivity contribution in [3.05, 3.63) is 12.2 Å². The molecule has 0 aromatic rings. The summed E-state index contributed by atoms with van der Waals surface area (Å²) >= 11 is 0. The fraction of sp³-hybridized carbons (Fsp3) is 0.842. The SMILES string of the molecule is CCCCCCCC/C=C/CCCCCC(C)OC(C)=O. The van der Waals surface area contributed by atoms with Crippen molar-refractivity contribution in [1.29, 1.82) is 0 Å². The zero-order valence-corrected chi connectivity index (χ0v) is 14.5. The van der Waals surface area contributed by atoms with E-state index in [4.69, 9.17) is 4.74 Å². The van der Waals surface area contributed by atoms with E-state index in [0.717, 1.165) is 12.8 Å². The van der Waals surface area contributed by atoms with Crippen molar-refractivity contribution in [2.75, 3.05) is 0 Å². The van der Waals surface area contributed by atoms with Gasteiger partial charge in [0, 0.05) is 6.92 Å². The van der Waals surface area contributed by atoms with E-state index in [1.165, 1.54) is 71.1 Å². The van der Waals surface area contributed by atoms with Crippen molar-refractivity contribution in [2.24, 2.45) is 0 Å². The summed E-state index contributed by atoms with van der Waals surface area (Å²) in [6.07, 6.45) is 20.1. The first kappa shape index (κ1) is 20.2. The second-order valence-corrected chi connectivity index (χ2v) is 6.09. The van der Waals surface area contributed by atoms with E-state index >= 15 is 0 Å². The van der Waals surface area contributed by atoms with Crippen LogP contribution >= 0.6 is 0 Å². The van der Waals surface area contributed by atoms with E-state index in [-0.39, 0.29) is 12.1 Å². The van der Waals surface area contributed by atoms with Gasteiger partial charge in [0.1, 0.15) is 0 Å². The van der Waals surface area contributed by atoms with Crippen molar-refractivity contribution < 1.29 is 9.53 Å². The molecule has 0 amide bonds. The maximum Gasteiger partial charge on any atom is 0.302 e. The maximum atomic E-state index is 10.8. The highest BCUT2D eigenvalue weighted by atomic mass is 16.5. The van der Waals surface area contributed by atoms with Crippen LogP contribution in [0.4, 0.5) is 0 Å². The Morgan fingerprint density at radius 1 is 0.905 bits per heavy atom. The molecule has 0 N–H and O–H groups in total. The van der Waals surface area contributed by atoms with Gasteiger partial charge in [-0.2, -0.15) is 0 Å². The Bertz CT molecular complexity index is 258. The lowest BCUT2D eigenvalue weighted by Gasteiger charge is -2.10. The van der Waals surface area contributed by atoms with Crippen LogP contribution in [-0.4, -0.2) is 12.1 Å². The Hall–Kier alpha value is -0.790. The molecule has 0 saturated carbocycles. The van der Waals surface area contributed by atoms with Crippen molar-refractivity contribution in [2.45, 2.75) is 104 Å². The minimum atomic E-state index is -0.167. The highest BCUT2D eigenvalue weighted by Crippen LogP contribution is 2.10. The molecule has 124 valence electrons. The average Bonchev–Trinajstić information content (AvgIpc) is 2.43. The fourth-order valence-electron chi connectivity index (χ4n) is 2.49. The molecule has 0 aromatic carbocycles. The largest absolute Gasteiger partial charge is 0.463 e. The van der Waals surface area contributed by atoms with Gasteiger partial charge in [-0.05, 0) is 45.4 Å². The smallest absolute Gasteiger partial charge is 0.302 e. The summed E-state index contributed by atoms with van der Waals surface area (Å²) in [6.45, 7) is 5.71. The van der Waals surface area contributed by atoms with Gasteiger partial charge in [-0.3, -0.25) is 4.79 Å². The normalized spacial score (nSPS) is 12.7. The second kappa shape index (κ2) is 15.6. The van der Waals surface area contributed by atoms with Crippen molar-refractivity contribution in [3.63, 3.8) is 0 Å². The number of allylic oxidation sites excluding steroid dienone is 2. The van der Waals surface area contributed by atoms with Crippen molar-refractivity contribution >= 4 is 5.97 Å². The predicted molar refractivity (Wildman–Crippen MR) is 91.4 cm³/mol. The molecule has 1 atom stereocenters. The standard InChI is InChI=1S/C19H36O2/c1-4-5-6-7-8-9-10-11-12-13-14-15-16-17-18(2)21-19(3)20/h11-12,18H,4-10,13-17H2,1-3H3/b12-11+. The third-order valence-electron chi connectivity index (χ3n) is 3.74. The summed E-state index contributed by atoms with van der Waals surface area (Å²) in [4.78, 5) is 10.8. The minimum absolute atomic E-state index is 0.0748. The third-order valence-corrected chi connectivity index (χ3v) is 3.74. The molecule has 0 aromatic heterocycles. The molecule has 0 fully saturated rings. The van der Waals surface area contributed by atoms with Crippen LogP contribution in [0.3, 0.4) is 0 Å². The lowest BCUT2D eigenvalue weighted by molar-refractivity contribution is -0.145. The first-order chi connectivity index (χ1) is 10.2. The van der Waals surface area contributed by atoms with Crippen LogP contribution in [0.15, 0.2) is 12.2 Å². The summed E-state index contributed by atoms with van der Waals surface area (Å²) in [6, 6.07) is 0. The van der Waals surface area contributed by atoms with E-state index in [9.17, 15) is 4.79 Å². The van der Waals surface area contributed by atoms with E-state index < -0.39 is 0 Å². The van der Waals surface area contributed by atoms with Gasteiger partial charge in [0.2, 0.25) is 0 Å². The van der Waals surface area contributed by atoms with Crippen LogP contribution in [-0.2, 0) is 9.53 Å². The molecule has 0 rings (SSSR count). The summed E-state index contributed by atoms with van der Waals surface area (Å²) in [5, 5.41) is 0. The Morgan fingerprint density at radius 2 is 1.43 bits per heavy atom. The van der Waals surface area contributed by atoms with Crippen LogP contribution < -0.4 is 0 Å². The summed E-state index contributed by atoms with van der Waals surface area (Å²) in [7, 11) is 0. The number of hydrogen-bond donors (Lipinski definition) is 0. The van der Waals surface area contributed by atoms with Gasteiger partial charge < -0.3 is 4.74 Å². The Labute approximate surface area is 132 Å². The molecule has 0 heterocycles. The molecule has 2 heteroatoms. The second-order valence-electron chi connectivity index (χ2n) is 6.09. The first-order valence-electron chi connectivity index (χ1n) is 8.99. The first-order valence-corrected chi connectivity index (χ1v) is 8.99. The van der Waals surface area contributed by atoms with Gasteiger partial charge in [0.15, 0.2) is 0 Å². The summed E-state index contributed by atoms with van der Waals surface area (Å²) in [5.41, 5.74) is 0. The molecule has 0 aliphatic rings. The number of esters is 1. The zero-order chi connectivity index (χ0) is 15.8. The monoisotopic (exact) mass is 296 g/mol. The van der Waals surface area contributed by atoms with E-state index in [1.54, 1.807) is 0 Å². The Balaban J connectivity index is 3.20. The molecular formula is C19H36O2. The number of unbranched alkanes of at least 4 members (excludes halogenated alkanes) is 9. The Morgan fingerprint density at radius 3 is 2.00 bits per heavy atom. The molecule has 0 aliphatic carbocycles. The molecule has 0 saturated heterocycles. The van der Waals surface area contributed by atoms with Gasteiger partial charge in [-0.25, -0.2) is 0 Å². The molecule has 0 aliphatic heterocycles. The summed E-state index contributed by atoms with van der Waals surface area (Å²) in [5.74, 6) is -0.167. The highest BCUT2D eigenvalue weighted by Gasteiger charge is 2.03.